The van der Waals surface area contributed by atoms with Crippen LogP contribution in [0.5, 0.6) is 11.6 Å². The molecule has 0 saturated heterocycles. The molecule has 0 radical (unpaired) electrons. The van der Waals surface area contributed by atoms with E-state index in [1.54, 1.807) is 24.4 Å². The fourth-order valence-electron chi connectivity index (χ4n) is 3.44. The molecule has 138 valence electrons. The van der Waals surface area contributed by atoms with E-state index in [9.17, 15) is 15.0 Å². The molecule has 0 bridgehead atoms. The minimum atomic E-state index is -0.584. The highest BCUT2D eigenvalue weighted by molar-refractivity contribution is 5.91. The van der Waals surface area contributed by atoms with Gasteiger partial charge in [0.25, 0.3) is 5.88 Å². The number of aromatic hydroxyl groups is 2. The van der Waals surface area contributed by atoms with Crippen molar-refractivity contribution < 1.29 is 15.0 Å². The van der Waals surface area contributed by atoms with Crippen LogP contribution >= 0.6 is 0 Å². The second-order valence-electron chi connectivity index (χ2n) is 7.13. The summed E-state index contributed by atoms with van der Waals surface area (Å²) in [5.74, 6) is 0.00348. The zero-order valence-corrected chi connectivity index (χ0v) is 15.0. The number of hydrogen-bond donors (Lipinski definition) is 3. The number of rotatable bonds is 4. The van der Waals surface area contributed by atoms with E-state index in [0.717, 1.165) is 25.7 Å². The van der Waals surface area contributed by atoms with E-state index >= 15 is 0 Å². The Morgan fingerprint density at radius 1 is 1.15 bits per heavy atom. The highest BCUT2D eigenvalue weighted by atomic mass is 16.3. The summed E-state index contributed by atoms with van der Waals surface area (Å²) in [5, 5.41) is 22.6. The van der Waals surface area contributed by atoms with Crippen molar-refractivity contribution in [3.63, 3.8) is 0 Å². The summed E-state index contributed by atoms with van der Waals surface area (Å²) in [6.45, 7) is 4.44. The van der Waals surface area contributed by atoms with E-state index in [-0.39, 0.29) is 23.5 Å². The van der Waals surface area contributed by atoms with E-state index in [2.05, 4.69) is 34.1 Å². The van der Waals surface area contributed by atoms with Crippen molar-refractivity contribution in [3.05, 3.63) is 24.4 Å². The van der Waals surface area contributed by atoms with Gasteiger partial charge in [0, 0.05) is 12.1 Å². The summed E-state index contributed by atoms with van der Waals surface area (Å²) in [5.41, 5.74) is 0.465. The van der Waals surface area contributed by atoms with Gasteiger partial charge in [0.05, 0.1) is 5.69 Å². The first-order valence-corrected chi connectivity index (χ1v) is 8.98. The third kappa shape index (κ3) is 3.92. The molecule has 2 aromatic rings. The zero-order valence-electron chi connectivity index (χ0n) is 15.0. The van der Waals surface area contributed by atoms with Crippen LogP contribution in [-0.2, 0) is 4.79 Å². The van der Waals surface area contributed by atoms with Gasteiger partial charge in [-0.2, -0.15) is 4.98 Å². The zero-order chi connectivity index (χ0) is 18.7. The monoisotopic (exact) mass is 356 g/mol. The Hall–Kier alpha value is -2.70. The van der Waals surface area contributed by atoms with Crippen LogP contribution < -0.4 is 5.32 Å². The standard InChI is InChI=1S/C19H24N4O3/c1-11(2)12-6-8-13(9-7-12)17(25)22-19-21-15(16(24)18(26)23-19)14-5-3-4-10-20-14/h3-5,10-13,24H,6-9H2,1-2H3,(H2,21,22,23,25,26). The molecule has 0 aromatic carbocycles. The topological polar surface area (TPSA) is 108 Å². The normalized spacial score (nSPS) is 20.1. The smallest absolute Gasteiger partial charge is 0.260 e. The largest absolute Gasteiger partial charge is 0.502 e. The predicted molar refractivity (Wildman–Crippen MR) is 97.5 cm³/mol. The molecule has 1 fully saturated rings. The van der Waals surface area contributed by atoms with E-state index < -0.39 is 11.6 Å². The van der Waals surface area contributed by atoms with Crippen LogP contribution in [0, 0.1) is 17.8 Å². The lowest BCUT2D eigenvalue weighted by Gasteiger charge is -2.29. The van der Waals surface area contributed by atoms with Crippen LogP contribution in [0.4, 0.5) is 5.95 Å². The third-order valence-electron chi connectivity index (χ3n) is 5.09. The Kier molecular flexibility index (Phi) is 5.35. The van der Waals surface area contributed by atoms with Crippen molar-refractivity contribution >= 4 is 11.9 Å². The van der Waals surface area contributed by atoms with Gasteiger partial charge in [-0.05, 0) is 49.7 Å². The Bertz CT molecular complexity index is 772. The molecule has 1 saturated carbocycles. The number of aromatic nitrogens is 3. The molecule has 3 N–H and O–H groups in total. The van der Waals surface area contributed by atoms with Crippen molar-refractivity contribution in [2.24, 2.45) is 17.8 Å². The lowest BCUT2D eigenvalue weighted by molar-refractivity contribution is -0.121. The first kappa shape index (κ1) is 18.1. The summed E-state index contributed by atoms with van der Waals surface area (Å²) < 4.78 is 0. The molecule has 1 aliphatic carbocycles. The van der Waals surface area contributed by atoms with Gasteiger partial charge in [0.2, 0.25) is 17.6 Å². The number of carbonyl (C=O) groups is 1. The maximum Gasteiger partial charge on any atom is 0.260 e. The average Bonchev–Trinajstić information content (AvgIpc) is 2.65. The molecule has 7 nitrogen and oxygen atoms in total. The summed E-state index contributed by atoms with van der Waals surface area (Å²) >= 11 is 0. The number of nitrogens with zero attached hydrogens (tertiary/aromatic N) is 3. The van der Waals surface area contributed by atoms with Gasteiger partial charge in [-0.1, -0.05) is 19.9 Å². The summed E-state index contributed by atoms with van der Waals surface area (Å²) in [6.07, 6.45) is 5.31. The molecule has 2 aromatic heterocycles. The van der Waals surface area contributed by atoms with Gasteiger partial charge in [0.15, 0.2) is 0 Å². The molecule has 0 atom stereocenters. The van der Waals surface area contributed by atoms with Gasteiger partial charge >= 0.3 is 0 Å². The number of carbonyl (C=O) groups excluding carboxylic acids is 1. The Labute approximate surface area is 152 Å². The van der Waals surface area contributed by atoms with Crippen molar-refractivity contribution in [2.75, 3.05) is 5.32 Å². The molecule has 1 aliphatic rings. The molecule has 0 spiro atoms. The Morgan fingerprint density at radius 2 is 1.88 bits per heavy atom. The van der Waals surface area contributed by atoms with Crippen LogP contribution in [0.2, 0.25) is 0 Å². The molecule has 7 heteroatoms. The molecule has 26 heavy (non-hydrogen) atoms. The summed E-state index contributed by atoms with van der Waals surface area (Å²) in [6, 6.07) is 5.13. The summed E-state index contributed by atoms with van der Waals surface area (Å²) in [7, 11) is 0. The van der Waals surface area contributed by atoms with Crippen LogP contribution in [-0.4, -0.2) is 31.1 Å². The molecule has 1 amide bonds. The van der Waals surface area contributed by atoms with Gasteiger partial charge in [-0.25, -0.2) is 4.98 Å². The minimum absolute atomic E-state index is 0.0306. The third-order valence-corrected chi connectivity index (χ3v) is 5.09. The lowest BCUT2D eigenvalue weighted by Crippen LogP contribution is -2.29. The SMILES string of the molecule is CC(C)C1CCC(C(=O)Nc2nc(O)c(O)c(-c3ccccn3)n2)CC1. The predicted octanol–water partition coefficient (Wildman–Crippen LogP) is 3.35. The number of nitrogens with one attached hydrogen (secondary N) is 1. The van der Waals surface area contributed by atoms with Crippen molar-refractivity contribution in [1.82, 2.24) is 15.0 Å². The van der Waals surface area contributed by atoms with E-state index in [0.29, 0.717) is 17.5 Å². The molecule has 0 unspecified atom stereocenters. The molecule has 2 heterocycles. The highest BCUT2D eigenvalue weighted by Crippen LogP contribution is 2.35. The fourth-order valence-corrected chi connectivity index (χ4v) is 3.44. The molecular weight excluding hydrogens is 332 g/mol. The number of pyridine rings is 1. The second kappa shape index (κ2) is 7.68. The average molecular weight is 356 g/mol. The van der Waals surface area contributed by atoms with Crippen LogP contribution in [0.25, 0.3) is 11.4 Å². The number of amides is 1. The summed E-state index contributed by atoms with van der Waals surface area (Å²) in [4.78, 5) is 24.6. The molecular formula is C19H24N4O3. The van der Waals surface area contributed by atoms with Gasteiger partial charge in [0.1, 0.15) is 5.69 Å². The molecule has 3 rings (SSSR count). The van der Waals surface area contributed by atoms with Crippen molar-refractivity contribution in [3.8, 4) is 23.0 Å². The quantitative estimate of drug-likeness (QED) is 0.775. The minimum Gasteiger partial charge on any atom is -0.502 e. The van der Waals surface area contributed by atoms with E-state index in [1.165, 1.54) is 0 Å². The van der Waals surface area contributed by atoms with E-state index in [1.807, 2.05) is 0 Å². The number of anilines is 1. The Morgan fingerprint density at radius 3 is 2.50 bits per heavy atom. The first-order valence-electron chi connectivity index (χ1n) is 8.98. The van der Waals surface area contributed by atoms with Gasteiger partial charge < -0.3 is 10.2 Å². The lowest BCUT2D eigenvalue weighted by atomic mass is 9.77. The van der Waals surface area contributed by atoms with E-state index in [4.69, 9.17) is 0 Å². The maximum absolute atomic E-state index is 12.5. The molecule has 0 aliphatic heterocycles. The highest BCUT2D eigenvalue weighted by Gasteiger charge is 2.28. The van der Waals surface area contributed by atoms with Crippen molar-refractivity contribution in [1.29, 1.82) is 0 Å². The van der Waals surface area contributed by atoms with Gasteiger partial charge in [-0.15, -0.1) is 0 Å². The van der Waals surface area contributed by atoms with Crippen LogP contribution in [0.1, 0.15) is 39.5 Å². The van der Waals surface area contributed by atoms with Crippen molar-refractivity contribution in [2.45, 2.75) is 39.5 Å². The Balaban J connectivity index is 1.74. The van der Waals surface area contributed by atoms with Crippen LogP contribution in [0.15, 0.2) is 24.4 Å². The van der Waals surface area contributed by atoms with Crippen LogP contribution in [0.3, 0.4) is 0 Å². The van der Waals surface area contributed by atoms with Gasteiger partial charge in [-0.3, -0.25) is 15.1 Å². The maximum atomic E-state index is 12.5. The fraction of sp³-hybridized carbons (Fsp3) is 0.474. The second-order valence-corrected chi connectivity index (χ2v) is 7.13. The first-order chi connectivity index (χ1) is 12.5. The number of hydrogen-bond acceptors (Lipinski definition) is 6.